The normalized spacial score (nSPS) is 14.5. The van der Waals surface area contributed by atoms with Gasteiger partial charge in [0.1, 0.15) is 0 Å². The molecule has 7 heteroatoms. The summed E-state index contributed by atoms with van der Waals surface area (Å²) in [5.74, 6) is -0.931. The molecule has 0 saturated carbocycles. The summed E-state index contributed by atoms with van der Waals surface area (Å²) in [5, 5.41) is 0. The van der Waals surface area contributed by atoms with E-state index in [4.69, 9.17) is 15.2 Å². The van der Waals surface area contributed by atoms with Gasteiger partial charge in [-0.15, -0.1) is 0 Å². The first-order valence-corrected chi connectivity index (χ1v) is 10.8. The van der Waals surface area contributed by atoms with Crippen molar-refractivity contribution in [1.82, 2.24) is 4.90 Å². The molecule has 0 unspecified atom stereocenters. The van der Waals surface area contributed by atoms with E-state index in [2.05, 4.69) is 0 Å². The number of hydrogen-bond acceptors (Lipinski definition) is 4. The summed E-state index contributed by atoms with van der Waals surface area (Å²) in [7, 11) is 1.41. The van der Waals surface area contributed by atoms with Crippen LogP contribution < -0.4 is 10.5 Å². The SMILES string of the molecule is COc1ccc(-c2cc(C(N)=O)c3c(c2)-c2cc(C(=O)N4CCOCC4)ccc2C3)cc1F. The second kappa shape index (κ2) is 8.33. The van der Waals surface area contributed by atoms with E-state index in [1.165, 1.54) is 13.2 Å². The number of carbonyl (C=O) groups is 2. The van der Waals surface area contributed by atoms with E-state index < -0.39 is 11.7 Å². The highest BCUT2D eigenvalue weighted by molar-refractivity contribution is 6.01. The minimum absolute atomic E-state index is 0.0435. The van der Waals surface area contributed by atoms with Gasteiger partial charge < -0.3 is 20.1 Å². The Hall–Kier alpha value is -3.71. The number of hydrogen-bond donors (Lipinski definition) is 1. The average Bonchev–Trinajstić information content (AvgIpc) is 3.21. The number of benzene rings is 3. The molecule has 0 radical (unpaired) electrons. The number of morpholine rings is 1. The van der Waals surface area contributed by atoms with Crippen molar-refractivity contribution in [3.05, 3.63) is 76.6 Å². The Morgan fingerprint density at radius 2 is 1.79 bits per heavy atom. The van der Waals surface area contributed by atoms with Gasteiger partial charge in [-0.3, -0.25) is 9.59 Å². The molecule has 3 aromatic rings. The van der Waals surface area contributed by atoms with Gasteiger partial charge in [-0.05, 0) is 76.2 Å². The first-order valence-electron chi connectivity index (χ1n) is 10.8. The van der Waals surface area contributed by atoms with E-state index in [0.29, 0.717) is 55.0 Å². The molecule has 2 aliphatic rings. The zero-order valence-corrected chi connectivity index (χ0v) is 18.2. The molecule has 0 aromatic heterocycles. The summed E-state index contributed by atoms with van der Waals surface area (Å²) in [6.45, 7) is 2.18. The van der Waals surface area contributed by atoms with E-state index in [-0.39, 0.29) is 11.7 Å². The lowest BCUT2D eigenvalue weighted by Gasteiger charge is -2.27. The molecule has 1 heterocycles. The van der Waals surface area contributed by atoms with Crippen molar-refractivity contribution < 1.29 is 23.5 Å². The number of halogens is 1. The standard InChI is InChI=1S/C26H23FN2O4/c1-32-24-5-4-15(14-23(24)27)18-12-20-19-11-17(26(31)29-6-8-33-9-7-29)3-2-16(19)10-21(20)22(13-18)25(28)30/h2-5,11-14H,6-10H2,1H3,(H2,28,30). The van der Waals surface area contributed by atoms with E-state index in [9.17, 15) is 14.0 Å². The zero-order chi connectivity index (χ0) is 23.1. The summed E-state index contributed by atoms with van der Waals surface area (Å²) >= 11 is 0. The fourth-order valence-corrected chi connectivity index (χ4v) is 4.59. The van der Waals surface area contributed by atoms with Crippen molar-refractivity contribution in [1.29, 1.82) is 0 Å². The maximum Gasteiger partial charge on any atom is 0.254 e. The monoisotopic (exact) mass is 446 g/mol. The van der Waals surface area contributed by atoms with Gasteiger partial charge in [-0.2, -0.15) is 0 Å². The summed E-state index contributed by atoms with van der Waals surface area (Å²) in [6, 6.07) is 13.9. The van der Waals surface area contributed by atoms with E-state index in [1.54, 1.807) is 23.1 Å². The van der Waals surface area contributed by atoms with Crippen LogP contribution in [0.2, 0.25) is 0 Å². The summed E-state index contributed by atoms with van der Waals surface area (Å²) < 4.78 is 24.7. The number of nitrogens with two attached hydrogens (primary N) is 1. The molecule has 6 nitrogen and oxygen atoms in total. The van der Waals surface area contributed by atoms with E-state index in [0.717, 1.165) is 22.3 Å². The van der Waals surface area contributed by atoms with Crippen LogP contribution in [0, 0.1) is 5.82 Å². The van der Waals surface area contributed by atoms with Crippen molar-refractivity contribution in [2.45, 2.75) is 6.42 Å². The molecule has 2 N–H and O–H groups in total. The van der Waals surface area contributed by atoms with E-state index >= 15 is 0 Å². The molecule has 0 atom stereocenters. The third-order valence-electron chi connectivity index (χ3n) is 6.31. The topological polar surface area (TPSA) is 81.9 Å². The van der Waals surface area contributed by atoms with Gasteiger partial charge in [0.2, 0.25) is 5.91 Å². The maximum absolute atomic E-state index is 14.4. The molecule has 1 saturated heterocycles. The molecule has 33 heavy (non-hydrogen) atoms. The molecule has 3 aromatic carbocycles. The zero-order valence-electron chi connectivity index (χ0n) is 18.2. The number of methoxy groups -OCH3 is 1. The molecule has 5 rings (SSSR count). The molecule has 2 amide bonds. The number of nitrogens with zero attached hydrogens (tertiary/aromatic N) is 1. The van der Waals surface area contributed by atoms with Gasteiger partial charge in [0, 0.05) is 24.2 Å². The van der Waals surface area contributed by atoms with Gasteiger partial charge >= 0.3 is 0 Å². The molecule has 1 aliphatic carbocycles. The second-order valence-corrected chi connectivity index (χ2v) is 8.22. The van der Waals surface area contributed by atoms with Gasteiger partial charge in [0.25, 0.3) is 5.91 Å². The lowest BCUT2D eigenvalue weighted by atomic mass is 9.93. The Morgan fingerprint density at radius 3 is 2.48 bits per heavy atom. The van der Waals surface area contributed by atoms with Crippen LogP contribution in [0.15, 0.2) is 48.5 Å². The Balaban J connectivity index is 1.60. The highest BCUT2D eigenvalue weighted by Gasteiger charge is 2.27. The lowest BCUT2D eigenvalue weighted by Crippen LogP contribution is -2.40. The summed E-state index contributed by atoms with van der Waals surface area (Å²) in [6.07, 6.45) is 0.548. The minimum atomic E-state index is -0.542. The van der Waals surface area contributed by atoms with Crippen molar-refractivity contribution in [2.24, 2.45) is 5.73 Å². The Kier molecular flexibility index (Phi) is 5.34. The predicted octanol–water partition coefficient (Wildman–Crippen LogP) is 3.64. The summed E-state index contributed by atoms with van der Waals surface area (Å²) in [5.41, 5.74) is 11.5. The molecule has 168 valence electrons. The maximum atomic E-state index is 14.4. The molecule has 0 spiro atoms. The number of fused-ring (bicyclic) bond motifs is 3. The van der Waals surface area contributed by atoms with Gasteiger partial charge in [0.15, 0.2) is 11.6 Å². The number of primary amides is 1. The number of amides is 2. The molecule has 1 fully saturated rings. The third kappa shape index (κ3) is 3.74. The fraction of sp³-hybridized carbons (Fsp3) is 0.231. The highest BCUT2D eigenvalue weighted by atomic mass is 19.1. The van der Waals surface area contributed by atoms with Crippen LogP contribution in [-0.2, 0) is 11.2 Å². The lowest BCUT2D eigenvalue weighted by molar-refractivity contribution is 0.0303. The van der Waals surface area contributed by atoms with Crippen molar-refractivity contribution in [3.63, 3.8) is 0 Å². The van der Waals surface area contributed by atoms with Gasteiger partial charge in [-0.25, -0.2) is 4.39 Å². The van der Waals surface area contributed by atoms with Crippen LogP contribution in [0.1, 0.15) is 31.8 Å². The highest BCUT2D eigenvalue weighted by Crippen LogP contribution is 2.42. The molecular weight excluding hydrogens is 423 g/mol. The third-order valence-corrected chi connectivity index (χ3v) is 6.31. The van der Waals surface area contributed by atoms with Crippen LogP contribution >= 0.6 is 0 Å². The Bertz CT molecular complexity index is 1280. The van der Waals surface area contributed by atoms with Crippen LogP contribution in [0.3, 0.4) is 0 Å². The Labute approximate surface area is 190 Å². The first kappa shape index (κ1) is 21.2. The number of carbonyl (C=O) groups excluding carboxylic acids is 2. The van der Waals surface area contributed by atoms with Gasteiger partial charge in [-0.1, -0.05) is 12.1 Å². The smallest absolute Gasteiger partial charge is 0.254 e. The van der Waals surface area contributed by atoms with Crippen LogP contribution in [-0.4, -0.2) is 50.1 Å². The largest absolute Gasteiger partial charge is 0.494 e. The van der Waals surface area contributed by atoms with Crippen LogP contribution in [0.5, 0.6) is 5.75 Å². The molecular formula is C26H23FN2O4. The number of ether oxygens (including phenoxy) is 2. The average molecular weight is 446 g/mol. The summed E-state index contributed by atoms with van der Waals surface area (Å²) in [4.78, 5) is 27.1. The fourth-order valence-electron chi connectivity index (χ4n) is 4.59. The molecule has 1 aliphatic heterocycles. The van der Waals surface area contributed by atoms with Crippen molar-refractivity contribution >= 4 is 11.8 Å². The van der Waals surface area contributed by atoms with E-state index in [1.807, 2.05) is 24.3 Å². The van der Waals surface area contributed by atoms with Crippen molar-refractivity contribution in [3.8, 4) is 28.0 Å². The quantitative estimate of drug-likeness (QED) is 0.519. The predicted molar refractivity (Wildman–Crippen MR) is 122 cm³/mol. The van der Waals surface area contributed by atoms with Crippen LogP contribution in [0.25, 0.3) is 22.3 Å². The molecule has 0 bridgehead atoms. The first-order chi connectivity index (χ1) is 16.0. The Morgan fingerprint density at radius 1 is 1.00 bits per heavy atom. The number of rotatable bonds is 4. The van der Waals surface area contributed by atoms with Gasteiger partial charge in [0.05, 0.1) is 20.3 Å². The van der Waals surface area contributed by atoms with Crippen LogP contribution in [0.4, 0.5) is 4.39 Å². The minimum Gasteiger partial charge on any atom is -0.494 e. The second-order valence-electron chi connectivity index (χ2n) is 8.22. The van der Waals surface area contributed by atoms with Crippen molar-refractivity contribution in [2.75, 3.05) is 33.4 Å².